The molecular weight excluding hydrogens is 350 g/mol. The highest BCUT2D eigenvalue weighted by molar-refractivity contribution is 7.91. The molecule has 1 amide bonds. The molecule has 0 heterocycles. The molecule has 2 rings (SSSR count). The number of aryl methyl sites for hydroxylation is 2. The summed E-state index contributed by atoms with van der Waals surface area (Å²) in [5.74, 6) is 0.385. The molecule has 0 saturated heterocycles. The Kier molecular flexibility index (Phi) is 6.42. The zero-order chi connectivity index (χ0) is 19.3. The molecule has 0 aliphatic heterocycles. The molecule has 0 fully saturated rings. The maximum absolute atomic E-state index is 12.7. The predicted octanol–water partition coefficient (Wildman–Crippen LogP) is 3.25. The molecule has 0 aliphatic rings. The number of hydrogen-bond acceptors (Lipinski definition) is 4. The van der Waals surface area contributed by atoms with Gasteiger partial charge in [0.1, 0.15) is 12.4 Å². The number of likely N-dealkylation sites (N-methyl/N-ethyl adjacent to an activating group) is 1. The summed E-state index contributed by atoms with van der Waals surface area (Å²) >= 11 is 0. The first-order chi connectivity index (χ1) is 12.2. The molecule has 0 spiro atoms. The van der Waals surface area contributed by atoms with Crippen LogP contribution in [0, 0.1) is 13.8 Å². The van der Waals surface area contributed by atoms with Gasteiger partial charge in [-0.05, 0) is 49.2 Å². The Morgan fingerprint density at radius 3 is 2.31 bits per heavy atom. The van der Waals surface area contributed by atoms with Crippen LogP contribution in [0.4, 0.5) is 0 Å². The van der Waals surface area contributed by atoms with Gasteiger partial charge in [0.15, 0.2) is 9.84 Å². The van der Waals surface area contributed by atoms with Crippen molar-refractivity contribution in [1.82, 2.24) is 4.90 Å². The van der Waals surface area contributed by atoms with Crippen molar-refractivity contribution in [3.8, 4) is 5.75 Å². The Hall–Kier alpha value is -2.34. The molecule has 0 bridgehead atoms. The predicted molar refractivity (Wildman–Crippen MR) is 103 cm³/mol. The number of benzene rings is 2. The molecule has 5 nitrogen and oxygen atoms in total. The van der Waals surface area contributed by atoms with Crippen molar-refractivity contribution >= 4 is 15.7 Å². The van der Waals surface area contributed by atoms with Crippen LogP contribution >= 0.6 is 0 Å². The number of sulfone groups is 1. The topological polar surface area (TPSA) is 63.7 Å². The largest absolute Gasteiger partial charge is 0.492 e. The van der Waals surface area contributed by atoms with Crippen LogP contribution in [-0.2, 0) is 9.84 Å². The number of amides is 1. The number of nitrogens with zero attached hydrogens (tertiary/aromatic N) is 1. The molecule has 0 aromatic heterocycles. The third-order valence-corrected chi connectivity index (χ3v) is 5.86. The van der Waals surface area contributed by atoms with E-state index in [-0.39, 0.29) is 22.1 Å². The number of hydrogen-bond donors (Lipinski definition) is 0. The zero-order valence-corrected chi connectivity index (χ0v) is 16.5. The van der Waals surface area contributed by atoms with Crippen molar-refractivity contribution in [1.29, 1.82) is 0 Å². The van der Waals surface area contributed by atoms with E-state index in [4.69, 9.17) is 4.74 Å². The first-order valence-corrected chi connectivity index (χ1v) is 10.2. The number of ether oxygens (including phenoxy) is 1. The second-order valence-electron chi connectivity index (χ2n) is 6.30. The first kappa shape index (κ1) is 20.0. The summed E-state index contributed by atoms with van der Waals surface area (Å²) in [4.78, 5) is 14.2. The van der Waals surface area contributed by atoms with E-state index >= 15 is 0 Å². The Morgan fingerprint density at radius 1 is 1.08 bits per heavy atom. The Morgan fingerprint density at radius 2 is 1.69 bits per heavy atom. The van der Waals surface area contributed by atoms with Gasteiger partial charge in [0.25, 0.3) is 5.91 Å². The molecule has 6 heteroatoms. The van der Waals surface area contributed by atoms with E-state index in [0.717, 1.165) is 16.9 Å². The fourth-order valence-electron chi connectivity index (χ4n) is 2.69. The average molecular weight is 375 g/mol. The fraction of sp³-hybridized carbons (Fsp3) is 0.350. The lowest BCUT2D eigenvalue weighted by molar-refractivity contribution is 0.0770. The Balaban J connectivity index is 2.06. The molecule has 0 saturated carbocycles. The lowest BCUT2D eigenvalue weighted by atomic mass is 10.1. The molecule has 0 aliphatic carbocycles. The molecule has 0 atom stereocenters. The van der Waals surface area contributed by atoms with E-state index < -0.39 is 9.84 Å². The van der Waals surface area contributed by atoms with Gasteiger partial charge in [-0.25, -0.2) is 8.42 Å². The molecule has 2 aromatic carbocycles. The molecule has 2 aromatic rings. The Bertz CT molecular complexity index is 870. The average Bonchev–Trinajstić information content (AvgIpc) is 2.60. The molecule has 140 valence electrons. The van der Waals surface area contributed by atoms with Crippen LogP contribution in [0.25, 0.3) is 0 Å². The number of rotatable bonds is 7. The maximum Gasteiger partial charge on any atom is 0.255 e. The third kappa shape index (κ3) is 4.85. The third-order valence-electron chi connectivity index (χ3n) is 4.07. The van der Waals surface area contributed by atoms with Crippen molar-refractivity contribution in [2.24, 2.45) is 0 Å². The van der Waals surface area contributed by atoms with Crippen LogP contribution in [0.15, 0.2) is 47.4 Å². The van der Waals surface area contributed by atoms with Crippen LogP contribution in [0.2, 0.25) is 0 Å². The van der Waals surface area contributed by atoms with Crippen LogP contribution in [0.1, 0.15) is 28.4 Å². The lowest BCUT2D eigenvalue weighted by Gasteiger charge is -2.19. The normalized spacial score (nSPS) is 11.2. The van der Waals surface area contributed by atoms with E-state index in [1.165, 1.54) is 11.0 Å². The molecule has 0 radical (unpaired) electrons. The van der Waals surface area contributed by atoms with Gasteiger partial charge in [0.2, 0.25) is 0 Å². The monoisotopic (exact) mass is 375 g/mol. The minimum atomic E-state index is -3.46. The first-order valence-electron chi connectivity index (χ1n) is 8.53. The number of carbonyl (C=O) groups is 1. The smallest absolute Gasteiger partial charge is 0.255 e. The van der Waals surface area contributed by atoms with Crippen molar-refractivity contribution in [3.63, 3.8) is 0 Å². The van der Waals surface area contributed by atoms with E-state index in [9.17, 15) is 13.2 Å². The van der Waals surface area contributed by atoms with E-state index in [1.807, 2.05) is 26.0 Å². The van der Waals surface area contributed by atoms with Gasteiger partial charge < -0.3 is 9.64 Å². The summed E-state index contributed by atoms with van der Waals surface area (Å²) in [6.45, 7) is 6.25. The lowest BCUT2D eigenvalue weighted by Crippen LogP contribution is -2.32. The quantitative estimate of drug-likeness (QED) is 0.745. The van der Waals surface area contributed by atoms with Gasteiger partial charge in [-0.15, -0.1) is 0 Å². The highest BCUT2D eigenvalue weighted by Gasteiger charge is 2.22. The highest BCUT2D eigenvalue weighted by atomic mass is 32.2. The van der Waals surface area contributed by atoms with E-state index in [2.05, 4.69) is 6.07 Å². The van der Waals surface area contributed by atoms with E-state index in [0.29, 0.717) is 13.2 Å². The van der Waals surface area contributed by atoms with Gasteiger partial charge >= 0.3 is 0 Å². The van der Waals surface area contributed by atoms with Crippen molar-refractivity contribution in [3.05, 3.63) is 59.2 Å². The second-order valence-corrected chi connectivity index (χ2v) is 8.54. The zero-order valence-electron chi connectivity index (χ0n) is 15.7. The highest BCUT2D eigenvalue weighted by Crippen LogP contribution is 2.19. The second kappa shape index (κ2) is 8.36. The summed E-state index contributed by atoms with van der Waals surface area (Å²) in [5, 5.41) is 0. The maximum atomic E-state index is 12.7. The van der Waals surface area contributed by atoms with Gasteiger partial charge in [0.05, 0.1) is 22.8 Å². The van der Waals surface area contributed by atoms with Gasteiger partial charge in [0, 0.05) is 7.05 Å². The van der Waals surface area contributed by atoms with Crippen molar-refractivity contribution in [2.75, 3.05) is 26.0 Å². The molecular formula is C20H25NO4S. The van der Waals surface area contributed by atoms with E-state index in [1.54, 1.807) is 32.2 Å². The van der Waals surface area contributed by atoms with Crippen LogP contribution < -0.4 is 4.74 Å². The molecule has 0 N–H and O–H groups in total. The summed E-state index contributed by atoms with van der Waals surface area (Å²) in [7, 11) is -1.82. The fourth-order valence-corrected chi connectivity index (χ4v) is 3.78. The minimum absolute atomic E-state index is 0.0448. The molecule has 26 heavy (non-hydrogen) atoms. The molecule has 0 unspecified atom stereocenters. The summed E-state index contributed by atoms with van der Waals surface area (Å²) in [6.07, 6.45) is 0. The summed E-state index contributed by atoms with van der Waals surface area (Å²) in [6, 6.07) is 12.3. The van der Waals surface area contributed by atoms with Crippen molar-refractivity contribution in [2.45, 2.75) is 25.7 Å². The van der Waals surface area contributed by atoms with Gasteiger partial charge in [-0.1, -0.05) is 25.1 Å². The number of carbonyl (C=O) groups excluding carboxylic acids is 1. The Labute approximate surface area is 155 Å². The minimum Gasteiger partial charge on any atom is -0.492 e. The van der Waals surface area contributed by atoms with Crippen LogP contribution in [0.5, 0.6) is 5.75 Å². The van der Waals surface area contributed by atoms with Crippen LogP contribution in [-0.4, -0.2) is 45.2 Å². The SMILES string of the molecule is CCS(=O)(=O)c1ccccc1C(=O)N(C)CCOc1cc(C)cc(C)c1. The standard InChI is InChI=1S/C20H25NO4S/c1-5-26(23,24)19-9-7-6-8-18(19)20(22)21(4)10-11-25-17-13-15(2)12-16(3)14-17/h6-9,12-14H,5,10-11H2,1-4H3. The van der Waals surface area contributed by atoms with Gasteiger partial charge in [-0.3, -0.25) is 4.79 Å². The van der Waals surface area contributed by atoms with Crippen LogP contribution in [0.3, 0.4) is 0 Å². The van der Waals surface area contributed by atoms with Gasteiger partial charge in [-0.2, -0.15) is 0 Å². The summed E-state index contributed by atoms with van der Waals surface area (Å²) in [5.41, 5.74) is 2.43. The summed E-state index contributed by atoms with van der Waals surface area (Å²) < 4.78 is 30.2. The van der Waals surface area contributed by atoms with Crippen molar-refractivity contribution < 1.29 is 17.9 Å².